The number of aromatic nitrogens is 2. The molecule has 0 fully saturated rings. The van der Waals surface area contributed by atoms with Crippen LogP contribution in [0.4, 0.5) is 18.9 Å². The number of ether oxygens (including phenoxy) is 2. The Hall–Kier alpha value is -4.37. The molecule has 4 rings (SSSR count). The highest BCUT2D eigenvalue weighted by Gasteiger charge is 2.38. The molecule has 192 valence electrons. The Morgan fingerprint density at radius 2 is 1.95 bits per heavy atom. The number of carbonyl (C=O) groups excluding carboxylic acids is 2. The first-order chi connectivity index (χ1) is 17.5. The molecule has 2 aromatic carbocycles. The van der Waals surface area contributed by atoms with Crippen molar-refractivity contribution >= 4 is 17.5 Å². The molecule has 1 aromatic heterocycles. The van der Waals surface area contributed by atoms with Crippen molar-refractivity contribution in [1.29, 1.82) is 5.26 Å². The number of alkyl halides is 3. The van der Waals surface area contributed by atoms with Crippen LogP contribution in [0.2, 0.25) is 0 Å². The van der Waals surface area contributed by atoms with E-state index in [2.05, 4.69) is 9.84 Å². The van der Waals surface area contributed by atoms with Gasteiger partial charge in [-0.1, -0.05) is 12.1 Å². The topological polar surface area (TPSA) is 123 Å². The number of hydrogen-bond acceptors (Lipinski definition) is 6. The fourth-order valence-electron chi connectivity index (χ4n) is 4.24. The number of nitrogens with two attached hydrogens (primary N) is 1. The third kappa shape index (κ3) is 5.12. The van der Waals surface area contributed by atoms with Crippen LogP contribution in [0.25, 0.3) is 11.3 Å². The maximum atomic E-state index is 13.6. The number of nitriles is 1. The van der Waals surface area contributed by atoms with Crippen LogP contribution in [0, 0.1) is 11.3 Å². The second-order valence-corrected chi connectivity index (χ2v) is 8.44. The van der Waals surface area contributed by atoms with E-state index < -0.39 is 24.6 Å². The van der Waals surface area contributed by atoms with Crippen LogP contribution in [0.15, 0.2) is 42.5 Å². The van der Waals surface area contributed by atoms with E-state index in [0.29, 0.717) is 22.6 Å². The standard InChI is InChI=1S/C25H22F3N5O4/c1-14-11-32-22(20(23(30)34)21(31-32)16-5-8-19(36-2)17(9-16)10-29)24(35)33(14)18-6-3-15(4-7-18)12-37-13-25(26,27)28/h3-9,14H,11-13H2,1-2H3,(H2,30,34). The van der Waals surface area contributed by atoms with Gasteiger partial charge >= 0.3 is 6.18 Å². The van der Waals surface area contributed by atoms with Gasteiger partial charge in [0.1, 0.15) is 29.8 Å². The summed E-state index contributed by atoms with van der Waals surface area (Å²) in [5, 5.41) is 13.9. The maximum absolute atomic E-state index is 13.6. The van der Waals surface area contributed by atoms with Crippen molar-refractivity contribution in [3.8, 4) is 23.1 Å². The van der Waals surface area contributed by atoms with Crippen LogP contribution in [-0.4, -0.2) is 47.5 Å². The molecule has 1 aliphatic heterocycles. The number of rotatable bonds is 7. The second-order valence-electron chi connectivity index (χ2n) is 8.44. The molecular formula is C25H22F3N5O4. The average molecular weight is 513 g/mol. The van der Waals surface area contributed by atoms with Gasteiger partial charge in [0, 0.05) is 11.3 Å². The van der Waals surface area contributed by atoms with Crippen molar-refractivity contribution in [2.75, 3.05) is 18.6 Å². The highest BCUT2D eigenvalue weighted by molar-refractivity contribution is 6.15. The Morgan fingerprint density at radius 1 is 1.24 bits per heavy atom. The van der Waals surface area contributed by atoms with Gasteiger partial charge < -0.3 is 20.1 Å². The molecule has 37 heavy (non-hydrogen) atoms. The third-order valence-electron chi connectivity index (χ3n) is 5.84. The van der Waals surface area contributed by atoms with Gasteiger partial charge in [0.05, 0.1) is 37.4 Å². The minimum atomic E-state index is -4.42. The van der Waals surface area contributed by atoms with Crippen molar-refractivity contribution in [3.05, 3.63) is 64.8 Å². The lowest BCUT2D eigenvalue weighted by atomic mass is 10.0. The molecular weight excluding hydrogens is 491 g/mol. The lowest BCUT2D eigenvalue weighted by Gasteiger charge is -2.34. The molecule has 1 unspecified atom stereocenters. The summed E-state index contributed by atoms with van der Waals surface area (Å²) in [5.41, 5.74) is 7.41. The summed E-state index contributed by atoms with van der Waals surface area (Å²) in [7, 11) is 1.43. The van der Waals surface area contributed by atoms with E-state index in [1.54, 1.807) is 43.3 Å². The van der Waals surface area contributed by atoms with E-state index in [9.17, 15) is 28.0 Å². The van der Waals surface area contributed by atoms with Crippen LogP contribution in [0.3, 0.4) is 0 Å². The van der Waals surface area contributed by atoms with E-state index in [0.717, 1.165) is 0 Å². The minimum Gasteiger partial charge on any atom is -0.495 e. The Labute approximate surface area is 209 Å². The van der Waals surface area contributed by atoms with Gasteiger partial charge in [-0.05, 0) is 42.8 Å². The zero-order valence-electron chi connectivity index (χ0n) is 19.9. The molecule has 2 N–H and O–H groups in total. The number of benzene rings is 2. The van der Waals surface area contributed by atoms with E-state index in [1.807, 2.05) is 6.07 Å². The first kappa shape index (κ1) is 25.7. The van der Waals surface area contributed by atoms with Gasteiger partial charge in [-0.15, -0.1) is 0 Å². The predicted octanol–water partition coefficient (Wildman–Crippen LogP) is 3.66. The zero-order valence-corrected chi connectivity index (χ0v) is 19.9. The number of halogens is 3. The number of methoxy groups -OCH3 is 1. The van der Waals surface area contributed by atoms with Gasteiger partial charge in [-0.25, -0.2) is 0 Å². The fraction of sp³-hybridized carbons (Fsp3) is 0.280. The lowest BCUT2D eigenvalue weighted by molar-refractivity contribution is -0.176. The van der Waals surface area contributed by atoms with Crippen molar-refractivity contribution in [2.24, 2.45) is 5.73 Å². The van der Waals surface area contributed by atoms with Gasteiger partial charge in [0.15, 0.2) is 0 Å². The molecule has 0 saturated heterocycles. The predicted molar refractivity (Wildman–Crippen MR) is 126 cm³/mol. The van der Waals surface area contributed by atoms with Crippen molar-refractivity contribution in [1.82, 2.24) is 9.78 Å². The van der Waals surface area contributed by atoms with Crippen LogP contribution in [0.5, 0.6) is 5.75 Å². The van der Waals surface area contributed by atoms with Gasteiger partial charge in [-0.3, -0.25) is 14.3 Å². The minimum absolute atomic E-state index is 0.00696. The molecule has 12 heteroatoms. The molecule has 0 bridgehead atoms. The van der Waals surface area contributed by atoms with Gasteiger partial charge in [-0.2, -0.15) is 23.5 Å². The average Bonchev–Trinajstić information content (AvgIpc) is 3.23. The summed E-state index contributed by atoms with van der Waals surface area (Å²) < 4.78 is 48.2. The van der Waals surface area contributed by atoms with Gasteiger partial charge in [0.2, 0.25) is 0 Å². The highest BCUT2D eigenvalue weighted by Crippen LogP contribution is 2.34. The summed E-state index contributed by atoms with van der Waals surface area (Å²) >= 11 is 0. The van der Waals surface area contributed by atoms with Crippen LogP contribution in [-0.2, 0) is 17.9 Å². The molecule has 9 nitrogen and oxygen atoms in total. The zero-order chi connectivity index (χ0) is 26.9. The molecule has 0 aliphatic carbocycles. The van der Waals surface area contributed by atoms with Gasteiger partial charge in [0.25, 0.3) is 11.8 Å². The SMILES string of the molecule is COc1ccc(-c2nn3c(c2C(N)=O)C(=O)N(c2ccc(COCC(F)(F)F)cc2)C(C)C3)cc1C#N. The normalized spacial score (nSPS) is 15.3. The molecule has 1 aliphatic rings. The lowest BCUT2D eigenvalue weighted by Crippen LogP contribution is -2.47. The summed E-state index contributed by atoms with van der Waals surface area (Å²) in [4.78, 5) is 27.6. The Balaban J connectivity index is 1.68. The summed E-state index contributed by atoms with van der Waals surface area (Å²) in [6, 6.07) is 12.7. The molecule has 0 saturated carbocycles. The van der Waals surface area contributed by atoms with Crippen LogP contribution < -0.4 is 15.4 Å². The van der Waals surface area contributed by atoms with E-state index in [-0.39, 0.29) is 41.7 Å². The molecule has 2 heterocycles. The fourth-order valence-corrected chi connectivity index (χ4v) is 4.24. The number of primary amides is 1. The first-order valence-corrected chi connectivity index (χ1v) is 11.1. The molecule has 1 atom stereocenters. The summed E-state index contributed by atoms with van der Waals surface area (Å²) in [6.07, 6.45) is -4.42. The molecule has 0 radical (unpaired) electrons. The van der Waals surface area contributed by atoms with Crippen LogP contribution >= 0.6 is 0 Å². The molecule has 3 aromatic rings. The third-order valence-corrected chi connectivity index (χ3v) is 5.84. The Bertz CT molecular complexity index is 1390. The number of nitrogens with zero attached hydrogens (tertiary/aromatic N) is 4. The Morgan fingerprint density at radius 3 is 2.54 bits per heavy atom. The number of fused-ring (bicyclic) bond motifs is 1. The number of hydrogen-bond donors (Lipinski definition) is 1. The summed E-state index contributed by atoms with van der Waals surface area (Å²) in [5.74, 6) is -1.02. The van der Waals surface area contributed by atoms with E-state index in [1.165, 1.54) is 22.8 Å². The van der Waals surface area contributed by atoms with Crippen molar-refractivity contribution in [2.45, 2.75) is 32.3 Å². The molecule has 0 spiro atoms. The second kappa shape index (κ2) is 9.94. The van der Waals surface area contributed by atoms with Crippen LogP contribution in [0.1, 0.15) is 38.9 Å². The first-order valence-electron chi connectivity index (χ1n) is 11.1. The maximum Gasteiger partial charge on any atom is 0.411 e. The van der Waals surface area contributed by atoms with E-state index >= 15 is 0 Å². The number of anilines is 1. The number of carbonyl (C=O) groups is 2. The molecule has 2 amide bonds. The number of amides is 2. The van der Waals surface area contributed by atoms with Crippen molar-refractivity contribution in [3.63, 3.8) is 0 Å². The summed E-state index contributed by atoms with van der Waals surface area (Å²) in [6.45, 7) is 0.452. The monoisotopic (exact) mass is 513 g/mol. The highest BCUT2D eigenvalue weighted by atomic mass is 19.4. The van der Waals surface area contributed by atoms with E-state index in [4.69, 9.17) is 10.5 Å². The quantitative estimate of drug-likeness (QED) is 0.514. The largest absolute Gasteiger partial charge is 0.495 e. The van der Waals surface area contributed by atoms with Crippen molar-refractivity contribution < 1.29 is 32.2 Å². The Kier molecular flexibility index (Phi) is 6.91. The smallest absolute Gasteiger partial charge is 0.411 e.